The first kappa shape index (κ1) is 24.1. The van der Waals surface area contributed by atoms with Crippen molar-refractivity contribution in [2.24, 2.45) is 0 Å². The van der Waals surface area contributed by atoms with Gasteiger partial charge in [0.05, 0.1) is 23.3 Å². The lowest BCUT2D eigenvalue weighted by molar-refractivity contribution is 0.371. The van der Waals surface area contributed by atoms with E-state index in [0.29, 0.717) is 33.7 Å². The molecular formula is C29H25ClN2O3. The summed E-state index contributed by atoms with van der Waals surface area (Å²) in [5.41, 5.74) is 3.77. The molecule has 1 aromatic heterocycles. The molecule has 0 spiro atoms. The molecule has 0 fully saturated rings. The van der Waals surface area contributed by atoms with Crippen LogP contribution in [-0.2, 0) is 0 Å². The summed E-state index contributed by atoms with van der Waals surface area (Å²) in [4.78, 5) is 17.6. The van der Waals surface area contributed by atoms with E-state index in [9.17, 15) is 4.79 Å². The zero-order valence-electron chi connectivity index (χ0n) is 19.8. The van der Waals surface area contributed by atoms with Crippen molar-refractivity contribution in [1.82, 2.24) is 9.55 Å². The molecule has 5 nitrogen and oxygen atoms in total. The summed E-state index contributed by atoms with van der Waals surface area (Å²) in [5, 5.41) is 1.26. The second-order valence-electron chi connectivity index (χ2n) is 8.27. The lowest BCUT2D eigenvalue weighted by Gasteiger charge is -2.13. The van der Waals surface area contributed by atoms with Crippen molar-refractivity contribution in [3.8, 4) is 35.1 Å². The van der Waals surface area contributed by atoms with E-state index in [1.54, 1.807) is 37.6 Å². The summed E-state index contributed by atoms with van der Waals surface area (Å²) in [6.45, 7) is 4.43. The van der Waals surface area contributed by atoms with Crippen LogP contribution in [0.5, 0.6) is 11.5 Å². The lowest BCUT2D eigenvalue weighted by Crippen LogP contribution is -2.20. The molecule has 1 heterocycles. The predicted octanol–water partition coefficient (Wildman–Crippen LogP) is 6.49. The Morgan fingerprint density at radius 1 is 1.11 bits per heavy atom. The second kappa shape index (κ2) is 10.5. The molecule has 3 aromatic carbocycles. The Morgan fingerprint density at radius 2 is 1.89 bits per heavy atom. The maximum atomic E-state index is 13.1. The molecule has 176 valence electrons. The van der Waals surface area contributed by atoms with E-state index >= 15 is 0 Å². The maximum Gasteiger partial charge on any atom is 0.352 e. The molecule has 0 aliphatic heterocycles. The van der Waals surface area contributed by atoms with Crippen LogP contribution < -0.4 is 15.2 Å². The first-order chi connectivity index (χ1) is 16.9. The third-order valence-corrected chi connectivity index (χ3v) is 5.96. The van der Waals surface area contributed by atoms with Crippen molar-refractivity contribution < 1.29 is 9.47 Å². The number of hydrogen-bond donors (Lipinski definition) is 0. The van der Waals surface area contributed by atoms with Crippen LogP contribution in [0.25, 0.3) is 34.4 Å². The van der Waals surface area contributed by atoms with E-state index in [-0.39, 0.29) is 6.61 Å². The van der Waals surface area contributed by atoms with Crippen LogP contribution in [0.1, 0.15) is 30.9 Å². The molecule has 4 rings (SSSR count). The third-order valence-electron chi connectivity index (χ3n) is 5.66. The van der Waals surface area contributed by atoms with Crippen molar-refractivity contribution in [1.29, 1.82) is 0 Å². The van der Waals surface area contributed by atoms with Crippen LogP contribution >= 0.6 is 11.6 Å². The monoisotopic (exact) mass is 484 g/mol. The van der Waals surface area contributed by atoms with E-state index in [1.807, 2.05) is 30.3 Å². The lowest BCUT2D eigenvalue weighted by atomic mass is 9.99. The second-order valence-corrected chi connectivity index (χ2v) is 8.68. The molecule has 0 amide bonds. The van der Waals surface area contributed by atoms with Crippen molar-refractivity contribution in [3.05, 3.63) is 87.3 Å². The number of ether oxygens (including phenoxy) is 2. The minimum absolute atomic E-state index is 0.148. The molecule has 0 atom stereocenters. The minimum Gasteiger partial charge on any atom is -0.495 e. The summed E-state index contributed by atoms with van der Waals surface area (Å²) < 4.78 is 12.4. The van der Waals surface area contributed by atoms with Crippen molar-refractivity contribution in [2.45, 2.75) is 19.8 Å². The first-order valence-corrected chi connectivity index (χ1v) is 11.5. The Bertz CT molecular complexity index is 1500. The van der Waals surface area contributed by atoms with Gasteiger partial charge in [0.1, 0.15) is 18.1 Å². The number of terminal acetylenes is 1. The Labute approximate surface area is 209 Å². The van der Waals surface area contributed by atoms with Gasteiger partial charge in [-0.3, -0.25) is 4.57 Å². The normalized spacial score (nSPS) is 11.2. The summed E-state index contributed by atoms with van der Waals surface area (Å²) >= 11 is 6.25. The van der Waals surface area contributed by atoms with Gasteiger partial charge < -0.3 is 9.47 Å². The molecule has 0 aliphatic carbocycles. The fourth-order valence-corrected chi connectivity index (χ4v) is 4.05. The number of nitrogens with zero attached hydrogens (tertiary/aromatic N) is 2. The molecule has 0 N–H and O–H groups in total. The topological polar surface area (TPSA) is 53.3 Å². The molecule has 4 aromatic rings. The number of hydrogen-bond acceptors (Lipinski definition) is 4. The number of methoxy groups -OCH3 is 1. The van der Waals surface area contributed by atoms with Gasteiger partial charge in [0.15, 0.2) is 0 Å². The zero-order chi connectivity index (χ0) is 24.9. The van der Waals surface area contributed by atoms with Crippen LogP contribution in [0.2, 0.25) is 5.02 Å². The van der Waals surface area contributed by atoms with Gasteiger partial charge in [0.25, 0.3) is 0 Å². The SMILES string of the molecule is C#CCOc1ccc2c(c1)c(-c1ccc(C(C)C)cc1)nc(=O)n2C=Cc1ccc(OC)c(Cl)c1. The summed E-state index contributed by atoms with van der Waals surface area (Å²) in [6, 6.07) is 19.0. The maximum absolute atomic E-state index is 13.1. The highest BCUT2D eigenvalue weighted by atomic mass is 35.5. The number of fused-ring (bicyclic) bond motifs is 1. The molecule has 0 saturated heterocycles. The molecule has 6 heteroatoms. The smallest absolute Gasteiger partial charge is 0.352 e. The average molecular weight is 485 g/mol. The van der Waals surface area contributed by atoms with Gasteiger partial charge in [-0.1, -0.05) is 61.7 Å². The van der Waals surface area contributed by atoms with Crippen molar-refractivity contribution in [3.63, 3.8) is 0 Å². The van der Waals surface area contributed by atoms with Crippen LogP contribution in [0.4, 0.5) is 0 Å². The van der Waals surface area contributed by atoms with Gasteiger partial charge in [-0.25, -0.2) is 4.79 Å². The summed E-state index contributed by atoms with van der Waals surface area (Å²) in [5.74, 6) is 4.07. The van der Waals surface area contributed by atoms with E-state index in [4.69, 9.17) is 27.5 Å². The van der Waals surface area contributed by atoms with Crippen LogP contribution in [0.3, 0.4) is 0 Å². The molecular weight excluding hydrogens is 460 g/mol. The standard InChI is InChI=1S/C29H25ClN2O3/c1-5-16-35-23-11-12-26-24(18-23)28(22-9-7-21(8-10-22)19(2)3)31-29(33)32(26)15-14-20-6-13-27(34-4)25(30)17-20/h1,6-15,17-19H,16H2,2-4H3. The fourth-order valence-electron chi connectivity index (χ4n) is 3.78. The highest BCUT2D eigenvalue weighted by Gasteiger charge is 2.13. The van der Waals surface area contributed by atoms with Crippen LogP contribution in [0, 0.1) is 12.3 Å². The molecule has 0 radical (unpaired) electrons. The van der Waals surface area contributed by atoms with Gasteiger partial charge in [-0.2, -0.15) is 4.98 Å². The Kier molecular flexibility index (Phi) is 7.24. The Hall–Kier alpha value is -4.01. The highest BCUT2D eigenvalue weighted by Crippen LogP contribution is 2.30. The first-order valence-electron chi connectivity index (χ1n) is 11.2. The summed E-state index contributed by atoms with van der Waals surface area (Å²) in [6.07, 6.45) is 8.84. The van der Waals surface area contributed by atoms with Gasteiger partial charge >= 0.3 is 5.69 Å². The average Bonchev–Trinajstić information content (AvgIpc) is 2.86. The van der Waals surface area contributed by atoms with Crippen molar-refractivity contribution >= 4 is 34.8 Å². The van der Waals surface area contributed by atoms with E-state index in [0.717, 1.165) is 16.5 Å². The number of rotatable bonds is 7. The minimum atomic E-state index is -0.395. The molecule has 35 heavy (non-hydrogen) atoms. The number of halogens is 1. The number of benzene rings is 3. The van der Waals surface area contributed by atoms with E-state index in [1.165, 1.54) is 10.1 Å². The van der Waals surface area contributed by atoms with E-state index in [2.05, 4.69) is 36.9 Å². The van der Waals surface area contributed by atoms with Gasteiger partial charge in [-0.15, -0.1) is 6.42 Å². The van der Waals surface area contributed by atoms with Crippen LogP contribution in [0.15, 0.2) is 65.5 Å². The molecule has 0 unspecified atom stereocenters. The van der Waals surface area contributed by atoms with Crippen molar-refractivity contribution in [2.75, 3.05) is 13.7 Å². The molecule has 0 aliphatic rings. The largest absolute Gasteiger partial charge is 0.495 e. The van der Waals surface area contributed by atoms with Gasteiger partial charge in [0, 0.05) is 17.1 Å². The third kappa shape index (κ3) is 5.24. The number of aromatic nitrogens is 2. The van der Waals surface area contributed by atoms with Crippen LogP contribution in [-0.4, -0.2) is 23.3 Å². The quantitative estimate of drug-likeness (QED) is 0.281. The Morgan fingerprint density at radius 3 is 2.54 bits per heavy atom. The summed E-state index contributed by atoms with van der Waals surface area (Å²) in [7, 11) is 1.56. The van der Waals surface area contributed by atoms with E-state index < -0.39 is 5.69 Å². The fraction of sp³-hybridized carbons (Fsp3) is 0.172. The molecule has 0 saturated carbocycles. The predicted molar refractivity (Wildman–Crippen MR) is 143 cm³/mol. The molecule has 0 bridgehead atoms. The Balaban J connectivity index is 1.85. The van der Waals surface area contributed by atoms with Gasteiger partial charge in [0.2, 0.25) is 0 Å². The highest BCUT2D eigenvalue weighted by molar-refractivity contribution is 6.32. The zero-order valence-corrected chi connectivity index (χ0v) is 20.5. The van der Waals surface area contributed by atoms with Gasteiger partial charge in [-0.05, 0) is 53.5 Å².